The number of benzene rings is 9. The monoisotopic (exact) mass is 712 g/mol. The van der Waals surface area contributed by atoms with Crippen molar-refractivity contribution in [2.24, 2.45) is 0 Å². The van der Waals surface area contributed by atoms with Crippen molar-refractivity contribution >= 4 is 76.1 Å². The van der Waals surface area contributed by atoms with E-state index in [1.807, 2.05) is 0 Å². The van der Waals surface area contributed by atoms with Crippen LogP contribution >= 0.6 is 0 Å². The van der Waals surface area contributed by atoms with Crippen LogP contribution in [-0.4, -0.2) is 19.1 Å². The van der Waals surface area contributed by atoms with Gasteiger partial charge >= 0.3 is 0 Å². The van der Waals surface area contributed by atoms with Gasteiger partial charge in [0.25, 0.3) is 0 Å². The molecule has 0 fully saturated rings. The van der Waals surface area contributed by atoms with Crippen LogP contribution < -0.4 is 0 Å². The van der Waals surface area contributed by atoms with E-state index in [1.54, 1.807) is 0 Å². The third-order valence-corrected chi connectivity index (χ3v) is 11.5. The molecule has 9 aromatic carbocycles. The average Bonchev–Trinajstić information content (AvgIpc) is 3.78. The Kier molecular flexibility index (Phi) is 6.60. The second kappa shape index (κ2) is 12.0. The van der Waals surface area contributed by atoms with Crippen molar-refractivity contribution in [3.05, 3.63) is 194 Å². The van der Waals surface area contributed by atoms with E-state index in [0.717, 1.165) is 44.4 Å². The average molecular weight is 713 g/mol. The zero-order valence-corrected chi connectivity index (χ0v) is 30.3. The summed E-state index contributed by atoms with van der Waals surface area (Å²) in [5.74, 6) is 0.652. The van der Waals surface area contributed by atoms with Crippen LogP contribution in [0.15, 0.2) is 194 Å². The van der Waals surface area contributed by atoms with E-state index >= 15 is 0 Å². The molecule has 0 saturated heterocycles. The molecule has 0 aliphatic rings. The fourth-order valence-corrected chi connectivity index (χ4v) is 9.08. The molecular formula is C52H32N4. The predicted molar refractivity (Wildman–Crippen MR) is 234 cm³/mol. The van der Waals surface area contributed by atoms with Gasteiger partial charge in [-0.3, -0.25) is 4.57 Å². The molecule has 0 unspecified atom stereocenters. The molecule has 12 rings (SSSR count). The highest BCUT2D eigenvalue weighted by Gasteiger charge is 2.22. The molecule has 3 aromatic heterocycles. The van der Waals surface area contributed by atoms with E-state index in [2.05, 4.69) is 203 Å². The highest BCUT2D eigenvalue weighted by atomic mass is 15.2. The van der Waals surface area contributed by atoms with Crippen molar-refractivity contribution in [3.63, 3.8) is 0 Å². The number of aromatic nitrogens is 4. The first-order chi connectivity index (χ1) is 27.8. The Morgan fingerprint density at radius 2 is 0.964 bits per heavy atom. The Hall–Kier alpha value is -7.56. The summed E-state index contributed by atoms with van der Waals surface area (Å²) in [4.78, 5) is 10.8. The molecule has 4 nitrogen and oxygen atoms in total. The van der Waals surface area contributed by atoms with Gasteiger partial charge in [0.15, 0.2) is 0 Å². The molecule has 0 amide bonds. The van der Waals surface area contributed by atoms with Gasteiger partial charge in [-0.15, -0.1) is 0 Å². The van der Waals surface area contributed by atoms with Gasteiger partial charge in [-0.2, -0.15) is 0 Å². The molecule has 0 spiro atoms. The fourth-order valence-electron chi connectivity index (χ4n) is 9.08. The number of fused-ring (bicyclic) bond motifs is 10. The molecule has 56 heavy (non-hydrogen) atoms. The second-order valence-corrected chi connectivity index (χ2v) is 14.6. The molecule has 260 valence electrons. The van der Waals surface area contributed by atoms with Crippen LogP contribution in [0.25, 0.3) is 110 Å². The molecular weight excluding hydrogens is 681 g/mol. The maximum atomic E-state index is 5.51. The largest absolute Gasteiger partial charge is 0.309 e. The van der Waals surface area contributed by atoms with Gasteiger partial charge in [-0.1, -0.05) is 152 Å². The number of rotatable bonds is 4. The van der Waals surface area contributed by atoms with Gasteiger partial charge in [0.1, 0.15) is 0 Å². The lowest BCUT2D eigenvalue weighted by Gasteiger charge is -2.14. The number of hydrogen-bond donors (Lipinski definition) is 0. The smallest absolute Gasteiger partial charge is 0.235 e. The minimum absolute atomic E-state index is 0.652. The van der Waals surface area contributed by atoms with Crippen molar-refractivity contribution in [3.8, 4) is 34.0 Å². The second-order valence-electron chi connectivity index (χ2n) is 14.6. The summed E-state index contributed by atoms with van der Waals surface area (Å²) in [6.45, 7) is 0. The zero-order chi connectivity index (χ0) is 36.7. The van der Waals surface area contributed by atoms with Crippen molar-refractivity contribution in [2.45, 2.75) is 0 Å². The minimum Gasteiger partial charge on any atom is -0.309 e. The van der Waals surface area contributed by atoms with Crippen LogP contribution in [0.2, 0.25) is 0 Å². The van der Waals surface area contributed by atoms with E-state index in [0.29, 0.717) is 5.95 Å². The molecule has 3 heterocycles. The van der Waals surface area contributed by atoms with Gasteiger partial charge < -0.3 is 4.57 Å². The summed E-state index contributed by atoms with van der Waals surface area (Å²) in [5, 5.41) is 10.6. The lowest BCUT2D eigenvalue weighted by Crippen LogP contribution is -2.03. The summed E-state index contributed by atoms with van der Waals surface area (Å²) < 4.78 is 4.67. The van der Waals surface area contributed by atoms with Crippen LogP contribution in [-0.2, 0) is 0 Å². The topological polar surface area (TPSA) is 35.6 Å². The summed E-state index contributed by atoms with van der Waals surface area (Å²) in [6, 6.07) is 69.6. The molecule has 0 radical (unpaired) electrons. The SMILES string of the molecule is c1ccc(-n2c3ccccc3c3ccc(-c4cc5c(c6ccccc46)c4ccccc4n5-c4nc(-c5cccc6ccccc56)c5ccccc5n4)cc32)cc1. The number of hydrogen-bond acceptors (Lipinski definition) is 2. The van der Waals surface area contributed by atoms with Gasteiger partial charge in [0.05, 0.1) is 33.3 Å². The van der Waals surface area contributed by atoms with E-state index < -0.39 is 0 Å². The molecule has 0 N–H and O–H groups in total. The summed E-state index contributed by atoms with van der Waals surface area (Å²) in [6.07, 6.45) is 0. The van der Waals surface area contributed by atoms with E-state index in [9.17, 15) is 0 Å². The minimum atomic E-state index is 0.652. The molecule has 0 aliphatic carbocycles. The first kappa shape index (κ1) is 30.9. The summed E-state index contributed by atoms with van der Waals surface area (Å²) in [7, 11) is 0. The van der Waals surface area contributed by atoms with Crippen LogP contribution in [0.5, 0.6) is 0 Å². The van der Waals surface area contributed by atoms with Crippen molar-refractivity contribution in [1.82, 2.24) is 19.1 Å². The lowest BCUT2D eigenvalue weighted by molar-refractivity contribution is 1.01. The van der Waals surface area contributed by atoms with Crippen LogP contribution in [0.4, 0.5) is 0 Å². The fraction of sp³-hybridized carbons (Fsp3) is 0. The third-order valence-electron chi connectivity index (χ3n) is 11.5. The number of nitrogens with zero attached hydrogens (tertiary/aromatic N) is 4. The highest BCUT2D eigenvalue weighted by Crippen LogP contribution is 2.43. The lowest BCUT2D eigenvalue weighted by atomic mass is 9.94. The van der Waals surface area contributed by atoms with Crippen molar-refractivity contribution < 1.29 is 0 Å². The van der Waals surface area contributed by atoms with E-state index in [-0.39, 0.29) is 0 Å². The maximum Gasteiger partial charge on any atom is 0.235 e. The first-order valence-electron chi connectivity index (χ1n) is 19.1. The van der Waals surface area contributed by atoms with Crippen molar-refractivity contribution in [2.75, 3.05) is 0 Å². The Labute approximate surface area is 322 Å². The summed E-state index contributed by atoms with van der Waals surface area (Å²) >= 11 is 0. The standard InChI is InChI=1S/C52H32N4/c1-2-17-35(18-3-1)55-46-27-12-9-21-38(46)39-30-29-34(31-48(39)55)44-32-49-50(40-22-7-6-20-37(40)44)43-24-10-13-28-47(43)56(49)52-53-45-26-11-8-23-42(45)51(54-52)41-25-14-16-33-15-4-5-19-36(33)41/h1-32H. The molecule has 0 bridgehead atoms. The first-order valence-corrected chi connectivity index (χ1v) is 19.1. The highest BCUT2D eigenvalue weighted by molar-refractivity contribution is 6.24. The molecule has 12 aromatic rings. The molecule has 0 atom stereocenters. The molecule has 0 aliphatic heterocycles. The van der Waals surface area contributed by atoms with Crippen LogP contribution in [0.1, 0.15) is 0 Å². The van der Waals surface area contributed by atoms with E-state index in [4.69, 9.17) is 9.97 Å². The normalized spacial score (nSPS) is 11.9. The number of para-hydroxylation sites is 4. The third kappa shape index (κ3) is 4.47. The van der Waals surface area contributed by atoms with Gasteiger partial charge in [0.2, 0.25) is 5.95 Å². The summed E-state index contributed by atoms with van der Waals surface area (Å²) in [5.41, 5.74) is 10.9. The van der Waals surface area contributed by atoms with Crippen molar-refractivity contribution in [1.29, 1.82) is 0 Å². The molecule has 0 saturated carbocycles. The molecule has 4 heteroatoms. The van der Waals surface area contributed by atoms with Gasteiger partial charge in [0, 0.05) is 38.2 Å². The Bertz CT molecular complexity index is 3530. The van der Waals surface area contributed by atoms with Crippen LogP contribution in [0, 0.1) is 0 Å². The Morgan fingerprint density at radius 1 is 0.339 bits per heavy atom. The quantitative estimate of drug-likeness (QED) is 0.182. The zero-order valence-electron chi connectivity index (χ0n) is 30.3. The predicted octanol–water partition coefficient (Wildman–Crippen LogP) is 13.5. The van der Waals surface area contributed by atoms with Gasteiger partial charge in [-0.05, 0) is 75.1 Å². The Balaban J connectivity index is 1.18. The van der Waals surface area contributed by atoms with Crippen LogP contribution in [0.3, 0.4) is 0 Å². The Morgan fingerprint density at radius 3 is 1.80 bits per heavy atom. The van der Waals surface area contributed by atoms with E-state index in [1.165, 1.54) is 59.7 Å². The maximum absolute atomic E-state index is 5.51. The van der Waals surface area contributed by atoms with Gasteiger partial charge in [-0.25, -0.2) is 9.97 Å².